The second-order valence-electron chi connectivity index (χ2n) is 6.34. The van der Waals surface area contributed by atoms with E-state index in [2.05, 4.69) is 10.2 Å². The van der Waals surface area contributed by atoms with E-state index in [1.54, 1.807) is 37.3 Å². The van der Waals surface area contributed by atoms with Gasteiger partial charge in [0.25, 0.3) is 5.91 Å². The van der Waals surface area contributed by atoms with E-state index in [0.29, 0.717) is 17.1 Å². The van der Waals surface area contributed by atoms with Gasteiger partial charge >= 0.3 is 0 Å². The van der Waals surface area contributed by atoms with Gasteiger partial charge in [-0.3, -0.25) is 9.89 Å². The summed E-state index contributed by atoms with van der Waals surface area (Å²) in [5.41, 5.74) is 3.70. The molecular formula is C20H19N3O4. The summed E-state index contributed by atoms with van der Waals surface area (Å²) in [5.74, 6) is 1.03. The van der Waals surface area contributed by atoms with Crippen molar-refractivity contribution < 1.29 is 19.4 Å². The molecule has 7 heteroatoms. The Morgan fingerprint density at radius 1 is 1.11 bits per heavy atom. The van der Waals surface area contributed by atoms with Crippen molar-refractivity contribution in [2.45, 2.75) is 6.04 Å². The molecule has 0 aliphatic carbocycles. The number of methoxy groups -OCH3 is 2. The molecule has 0 radical (unpaired) electrons. The number of hydrogen-bond acceptors (Lipinski definition) is 5. The average Bonchev–Trinajstić information content (AvgIpc) is 3.22. The van der Waals surface area contributed by atoms with Gasteiger partial charge in [0, 0.05) is 18.2 Å². The zero-order valence-corrected chi connectivity index (χ0v) is 15.2. The van der Waals surface area contributed by atoms with E-state index in [0.717, 1.165) is 22.4 Å². The highest BCUT2D eigenvalue weighted by atomic mass is 16.5. The number of aromatic hydroxyl groups is 1. The van der Waals surface area contributed by atoms with E-state index in [-0.39, 0.29) is 17.7 Å². The van der Waals surface area contributed by atoms with Crippen molar-refractivity contribution in [1.82, 2.24) is 15.1 Å². The number of ether oxygens (including phenoxy) is 2. The minimum Gasteiger partial charge on any atom is -0.504 e. The van der Waals surface area contributed by atoms with Gasteiger partial charge < -0.3 is 19.5 Å². The predicted octanol–water partition coefficient (Wildman–Crippen LogP) is 2.97. The predicted molar refractivity (Wildman–Crippen MR) is 99.2 cm³/mol. The van der Waals surface area contributed by atoms with Crippen LogP contribution in [0, 0.1) is 0 Å². The molecule has 7 nitrogen and oxygen atoms in total. The Morgan fingerprint density at radius 2 is 1.85 bits per heavy atom. The third kappa shape index (κ3) is 2.59. The number of carbonyl (C=O) groups excluding carboxylic acids is 1. The molecule has 0 bridgehead atoms. The topological polar surface area (TPSA) is 87.7 Å². The van der Waals surface area contributed by atoms with E-state index in [9.17, 15) is 9.90 Å². The summed E-state index contributed by atoms with van der Waals surface area (Å²) in [7, 11) is 4.86. The maximum absolute atomic E-state index is 12.7. The Bertz CT molecular complexity index is 1010. The van der Waals surface area contributed by atoms with Crippen molar-refractivity contribution >= 4 is 5.91 Å². The smallest absolute Gasteiger partial charge is 0.272 e. The molecule has 3 aromatic rings. The van der Waals surface area contributed by atoms with Crippen molar-refractivity contribution in [3.63, 3.8) is 0 Å². The SMILES string of the molecule is COc1ccc(-c2n[nH]c3c2[C@H](c2ccc(O)c(OC)c2)N(C)C3=O)cc1. The molecule has 27 heavy (non-hydrogen) atoms. The highest BCUT2D eigenvalue weighted by Crippen LogP contribution is 2.43. The number of aromatic nitrogens is 2. The van der Waals surface area contributed by atoms with Gasteiger partial charge in [-0.25, -0.2) is 0 Å². The summed E-state index contributed by atoms with van der Waals surface area (Å²) >= 11 is 0. The number of phenolic OH excluding ortho intramolecular Hbond substituents is 1. The quantitative estimate of drug-likeness (QED) is 0.742. The number of hydrogen-bond donors (Lipinski definition) is 2. The van der Waals surface area contributed by atoms with Crippen LogP contribution in [0.2, 0.25) is 0 Å². The summed E-state index contributed by atoms with van der Waals surface area (Å²) in [6, 6.07) is 12.3. The van der Waals surface area contributed by atoms with E-state index in [1.807, 2.05) is 24.3 Å². The lowest BCUT2D eigenvalue weighted by atomic mass is 9.96. The van der Waals surface area contributed by atoms with Gasteiger partial charge in [0.2, 0.25) is 0 Å². The van der Waals surface area contributed by atoms with Crippen LogP contribution in [-0.2, 0) is 0 Å². The molecule has 2 aromatic carbocycles. The number of amides is 1. The Balaban J connectivity index is 1.85. The molecule has 1 atom stereocenters. The van der Waals surface area contributed by atoms with Crippen LogP contribution in [0.4, 0.5) is 0 Å². The lowest BCUT2D eigenvalue weighted by molar-refractivity contribution is 0.0787. The van der Waals surface area contributed by atoms with Crippen molar-refractivity contribution in [3.8, 4) is 28.5 Å². The number of nitrogens with zero attached hydrogens (tertiary/aromatic N) is 2. The van der Waals surface area contributed by atoms with Crippen LogP contribution in [0.5, 0.6) is 17.2 Å². The summed E-state index contributed by atoms with van der Waals surface area (Å²) in [5, 5.41) is 17.2. The van der Waals surface area contributed by atoms with Crippen LogP contribution in [0.1, 0.15) is 27.7 Å². The van der Waals surface area contributed by atoms with Crippen LogP contribution < -0.4 is 9.47 Å². The van der Waals surface area contributed by atoms with Crippen molar-refractivity contribution in [3.05, 3.63) is 59.3 Å². The molecule has 1 aromatic heterocycles. The van der Waals surface area contributed by atoms with Gasteiger partial charge in [0.05, 0.1) is 26.0 Å². The molecule has 2 N–H and O–H groups in total. The summed E-state index contributed by atoms with van der Waals surface area (Å²) in [6.45, 7) is 0. The first-order valence-corrected chi connectivity index (χ1v) is 8.42. The molecule has 0 unspecified atom stereocenters. The summed E-state index contributed by atoms with van der Waals surface area (Å²) in [6.07, 6.45) is 0. The molecule has 0 fully saturated rings. The Kier molecular flexibility index (Phi) is 3.99. The number of fused-ring (bicyclic) bond motifs is 1. The molecule has 0 saturated carbocycles. The molecule has 2 heterocycles. The first-order chi connectivity index (χ1) is 13.0. The normalized spacial score (nSPS) is 15.7. The van der Waals surface area contributed by atoms with E-state index >= 15 is 0 Å². The Labute approximate surface area is 156 Å². The van der Waals surface area contributed by atoms with Crippen LogP contribution in [-0.4, -0.2) is 47.4 Å². The summed E-state index contributed by atoms with van der Waals surface area (Å²) in [4.78, 5) is 14.4. The lowest BCUT2D eigenvalue weighted by Crippen LogP contribution is -2.24. The van der Waals surface area contributed by atoms with Gasteiger partial charge in [-0.1, -0.05) is 6.07 Å². The highest BCUT2D eigenvalue weighted by molar-refractivity contribution is 6.00. The minimum absolute atomic E-state index is 0.0519. The van der Waals surface area contributed by atoms with Gasteiger partial charge in [-0.05, 0) is 42.0 Å². The molecule has 1 aliphatic rings. The van der Waals surface area contributed by atoms with Gasteiger partial charge in [-0.15, -0.1) is 0 Å². The van der Waals surface area contributed by atoms with E-state index in [1.165, 1.54) is 7.11 Å². The molecule has 0 spiro atoms. The number of carbonyl (C=O) groups is 1. The first-order valence-electron chi connectivity index (χ1n) is 8.42. The molecule has 1 aliphatic heterocycles. The minimum atomic E-state index is -0.335. The zero-order valence-electron chi connectivity index (χ0n) is 15.2. The monoisotopic (exact) mass is 365 g/mol. The van der Waals surface area contributed by atoms with Crippen LogP contribution >= 0.6 is 0 Å². The fourth-order valence-electron chi connectivity index (χ4n) is 3.49. The molecule has 138 valence electrons. The number of phenols is 1. The Morgan fingerprint density at radius 3 is 2.52 bits per heavy atom. The third-order valence-electron chi connectivity index (χ3n) is 4.88. The molecular weight excluding hydrogens is 346 g/mol. The first kappa shape index (κ1) is 17.0. The number of H-pyrrole nitrogens is 1. The second-order valence-corrected chi connectivity index (χ2v) is 6.34. The number of nitrogens with one attached hydrogen (secondary N) is 1. The van der Waals surface area contributed by atoms with Crippen LogP contribution in [0.15, 0.2) is 42.5 Å². The van der Waals surface area contributed by atoms with Gasteiger partial charge in [0.1, 0.15) is 11.4 Å². The van der Waals surface area contributed by atoms with Crippen LogP contribution in [0.25, 0.3) is 11.3 Å². The van der Waals surface area contributed by atoms with E-state index < -0.39 is 0 Å². The zero-order chi connectivity index (χ0) is 19.1. The van der Waals surface area contributed by atoms with Gasteiger partial charge in [0.15, 0.2) is 11.5 Å². The molecule has 0 saturated heterocycles. The maximum atomic E-state index is 12.7. The van der Waals surface area contributed by atoms with Crippen LogP contribution in [0.3, 0.4) is 0 Å². The third-order valence-corrected chi connectivity index (χ3v) is 4.88. The number of aromatic amines is 1. The Hall–Kier alpha value is -3.48. The molecule has 4 rings (SSSR count). The standard InChI is InChI=1S/C20H19N3O4/c1-23-19(12-6-9-14(24)15(10-12)27-3)16-17(21-22-18(16)20(23)25)11-4-7-13(26-2)8-5-11/h4-10,19,24H,1-3H3,(H,21,22)/t19-/m0/s1. The van der Waals surface area contributed by atoms with Crippen molar-refractivity contribution in [1.29, 1.82) is 0 Å². The van der Waals surface area contributed by atoms with E-state index in [4.69, 9.17) is 9.47 Å². The average molecular weight is 365 g/mol. The van der Waals surface area contributed by atoms with Gasteiger partial charge in [-0.2, -0.15) is 5.10 Å². The number of benzene rings is 2. The highest BCUT2D eigenvalue weighted by Gasteiger charge is 2.40. The lowest BCUT2D eigenvalue weighted by Gasteiger charge is -2.22. The molecule has 1 amide bonds. The maximum Gasteiger partial charge on any atom is 0.272 e. The largest absolute Gasteiger partial charge is 0.504 e. The van der Waals surface area contributed by atoms with Crippen molar-refractivity contribution in [2.75, 3.05) is 21.3 Å². The fraction of sp³-hybridized carbons (Fsp3) is 0.200. The number of rotatable bonds is 4. The fourth-order valence-corrected chi connectivity index (χ4v) is 3.49. The van der Waals surface area contributed by atoms with Crippen molar-refractivity contribution in [2.24, 2.45) is 0 Å². The summed E-state index contributed by atoms with van der Waals surface area (Å²) < 4.78 is 10.4. The second kappa shape index (κ2) is 6.35.